The summed E-state index contributed by atoms with van der Waals surface area (Å²) in [6, 6.07) is 13.4. The van der Waals surface area contributed by atoms with Gasteiger partial charge < -0.3 is 5.32 Å². The molecule has 3 N–H and O–H groups in total. The molecule has 1 fully saturated rings. The number of hydrogen-bond acceptors (Lipinski definition) is 3. The SMILES string of the molecule is O=C(/C=C/c1ccc(C=C(C(=O)NC2CCCCCCC2)c2ccc(F)cc2)cc1)NO. The number of nitrogens with one attached hydrogen (secondary N) is 2. The summed E-state index contributed by atoms with van der Waals surface area (Å²) >= 11 is 0. The minimum atomic E-state index is -0.613. The Kier molecular flexibility index (Phi) is 8.75. The molecule has 5 nitrogen and oxygen atoms in total. The summed E-state index contributed by atoms with van der Waals surface area (Å²) in [5.74, 6) is -1.12. The third kappa shape index (κ3) is 7.17. The summed E-state index contributed by atoms with van der Waals surface area (Å²) in [5.41, 5.74) is 4.25. The molecule has 2 aromatic rings. The first-order valence-electron chi connectivity index (χ1n) is 11.1. The minimum Gasteiger partial charge on any atom is -0.349 e. The van der Waals surface area contributed by atoms with E-state index in [1.54, 1.807) is 29.8 Å². The lowest BCUT2D eigenvalue weighted by molar-refractivity contribution is -0.124. The average Bonchev–Trinajstić information content (AvgIpc) is 2.79. The number of rotatable bonds is 6. The van der Waals surface area contributed by atoms with Crippen molar-refractivity contribution in [2.45, 2.75) is 51.0 Å². The lowest BCUT2D eigenvalue weighted by Gasteiger charge is -2.22. The van der Waals surface area contributed by atoms with E-state index < -0.39 is 5.91 Å². The molecule has 0 heterocycles. The summed E-state index contributed by atoms with van der Waals surface area (Å²) in [4.78, 5) is 24.4. The van der Waals surface area contributed by atoms with E-state index in [1.165, 1.54) is 37.5 Å². The molecule has 1 aliphatic carbocycles. The van der Waals surface area contributed by atoms with E-state index in [4.69, 9.17) is 5.21 Å². The molecule has 0 aliphatic heterocycles. The van der Waals surface area contributed by atoms with Gasteiger partial charge in [0.2, 0.25) is 0 Å². The number of carbonyl (C=O) groups is 2. The summed E-state index contributed by atoms with van der Waals surface area (Å²) in [5, 5.41) is 11.8. The molecule has 32 heavy (non-hydrogen) atoms. The Balaban J connectivity index is 1.82. The maximum Gasteiger partial charge on any atom is 0.267 e. The fourth-order valence-corrected chi connectivity index (χ4v) is 3.85. The molecule has 2 amide bonds. The van der Waals surface area contributed by atoms with Crippen LogP contribution in [0.4, 0.5) is 4.39 Å². The first-order valence-corrected chi connectivity index (χ1v) is 11.1. The third-order valence-corrected chi connectivity index (χ3v) is 5.63. The highest BCUT2D eigenvalue weighted by Crippen LogP contribution is 2.22. The van der Waals surface area contributed by atoms with Crippen LogP contribution in [0.1, 0.15) is 61.6 Å². The van der Waals surface area contributed by atoms with Crippen molar-refractivity contribution >= 4 is 29.5 Å². The molecule has 0 radical (unpaired) electrons. The first kappa shape index (κ1) is 23.4. The Morgan fingerprint density at radius 1 is 0.875 bits per heavy atom. The number of hydroxylamine groups is 1. The van der Waals surface area contributed by atoms with E-state index in [0.29, 0.717) is 11.1 Å². The van der Waals surface area contributed by atoms with Gasteiger partial charge in [-0.3, -0.25) is 14.8 Å². The molecule has 1 aliphatic rings. The molecule has 2 aromatic carbocycles. The number of hydrogen-bond donors (Lipinski definition) is 3. The van der Waals surface area contributed by atoms with Crippen LogP contribution in [0.3, 0.4) is 0 Å². The Hall–Kier alpha value is -3.25. The topological polar surface area (TPSA) is 78.4 Å². The van der Waals surface area contributed by atoms with E-state index in [9.17, 15) is 14.0 Å². The van der Waals surface area contributed by atoms with E-state index in [1.807, 2.05) is 24.3 Å². The molecule has 0 unspecified atom stereocenters. The van der Waals surface area contributed by atoms with Gasteiger partial charge in [-0.25, -0.2) is 9.87 Å². The number of carbonyl (C=O) groups excluding carboxylic acids is 2. The fraction of sp³-hybridized carbons (Fsp3) is 0.308. The van der Waals surface area contributed by atoms with Gasteiger partial charge in [0.15, 0.2) is 0 Å². The second-order valence-corrected chi connectivity index (χ2v) is 8.06. The lowest BCUT2D eigenvalue weighted by atomic mass is 9.95. The van der Waals surface area contributed by atoms with Crippen molar-refractivity contribution in [1.82, 2.24) is 10.8 Å². The number of halogens is 1. The Bertz CT molecular complexity index is 958. The second kappa shape index (κ2) is 12.0. The van der Waals surface area contributed by atoms with Crippen molar-refractivity contribution in [3.8, 4) is 0 Å². The van der Waals surface area contributed by atoms with E-state index >= 15 is 0 Å². The fourth-order valence-electron chi connectivity index (χ4n) is 3.85. The zero-order chi connectivity index (χ0) is 22.8. The molecule has 0 aromatic heterocycles. The number of amides is 2. The zero-order valence-corrected chi connectivity index (χ0v) is 18.0. The largest absolute Gasteiger partial charge is 0.349 e. The normalized spacial score (nSPS) is 15.8. The van der Waals surface area contributed by atoms with Gasteiger partial charge in [-0.05, 0) is 53.8 Å². The van der Waals surface area contributed by atoms with Crippen LogP contribution in [0.5, 0.6) is 0 Å². The van der Waals surface area contributed by atoms with Crippen LogP contribution in [0.25, 0.3) is 17.7 Å². The first-order chi connectivity index (χ1) is 15.5. The molecule has 0 spiro atoms. The molecular weight excluding hydrogens is 407 g/mol. The maximum atomic E-state index is 13.5. The van der Waals surface area contributed by atoms with Crippen molar-refractivity contribution in [2.24, 2.45) is 0 Å². The van der Waals surface area contributed by atoms with Gasteiger partial charge in [0.25, 0.3) is 11.8 Å². The smallest absolute Gasteiger partial charge is 0.267 e. The van der Waals surface area contributed by atoms with Crippen molar-refractivity contribution in [3.05, 3.63) is 77.1 Å². The van der Waals surface area contributed by atoms with Crippen molar-refractivity contribution in [2.75, 3.05) is 0 Å². The van der Waals surface area contributed by atoms with Crippen molar-refractivity contribution in [3.63, 3.8) is 0 Å². The van der Waals surface area contributed by atoms with E-state index in [0.717, 1.165) is 36.8 Å². The Morgan fingerprint density at radius 2 is 1.47 bits per heavy atom. The Morgan fingerprint density at radius 3 is 2.09 bits per heavy atom. The van der Waals surface area contributed by atoms with E-state index in [2.05, 4.69) is 5.32 Å². The van der Waals surface area contributed by atoms with Gasteiger partial charge in [0.1, 0.15) is 5.82 Å². The van der Waals surface area contributed by atoms with Gasteiger partial charge in [0, 0.05) is 17.7 Å². The Labute approximate surface area is 188 Å². The third-order valence-electron chi connectivity index (χ3n) is 5.63. The quantitative estimate of drug-likeness (QED) is 0.255. The molecule has 168 valence electrons. The van der Waals surface area contributed by atoms with E-state index in [-0.39, 0.29) is 17.8 Å². The highest BCUT2D eigenvalue weighted by molar-refractivity contribution is 6.24. The zero-order valence-electron chi connectivity index (χ0n) is 18.0. The summed E-state index contributed by atoms with van der Waals surface area (Å²) in [6.07, 6.45) is 12.4. The molecule has 3 rings (SSSR count). The monoisotopic (exact) mass is 436 g/mol. The van der Waals surface area contributed by atoms with Crippen LogP contribution in [-0.4, -0.2) is 23.1 Å². The van der Waals surface area contributed by atoms with Gasteiger partial charge in [-0.15, -0.1) is 0 Å². The molecular formula is C26H29FN2O3. The maximum absolute atomic E-state index is 13.5. The molecule has 1 saturated carbocycles. The average molecular weight is 437 g/mol. The van der Waals surface area contributed by atoms with Crippen LogP contribution in [0.15, 0.2) is 54.6 Å². The second-order valence-electron chi connectivity index (χ2n) is 8.06. The van der Waals surface area contributed by atoms with Gasteiger partial charge in [-0.2, -0.15) is 0 Å². The predicted molar refractivity (Wildman–Crippen MR) is 124 cm³/mol. The van der Waals surface area contributed by atoms with Gasteiger partial charge >= 0.3 is 0 Å². The lowest BCUT2D eigenvalue weighted by Crippen LogP contribution is -2.35. The minimum absolute atomic E-state index is 0.150. The molecule has 0 bridgehead atoms. The van der Waals surface area contributed by atoms with Crippen molar-refractivity contribution < 1.29 is 19.2 Å². The van der Waals surface area contributed by atoms with Crippen LogP contribution >= 0.6 is 0 Å². The van der Waals surface area contributed by atoms with Crippen LogP contribution in [-0.2, 0) is 9.59 Å². The summed E-state index contributed by atoms with van der Waals surface area (Å²) in [6.45, 7) is 0. The predicted octanol–water partition coefficient (Wildman–Crippen LogP) is 5.11. The summed E-state index contributed by atoms with van der Waals surface area (Å²) in [7, 11) is 0. The number of benzene rings is 2. The molecule has 0 saturated heterocycles. The summed E-state index contributed by atoms with van der Waals surface area (Å²) < 4.78 is 13.5. The van der Waals surface area contributed by atoms with Gasteiger partial charge in [0.05, 0.1) is 0 Å². The molecule has 6 heteroatoms. The van der Waals surface area contributed by atoms with Gasteiger partial charge in [-0.1, -0.05) is 68.5 Å². The highest BCUT2D eigenvalue weighted by Gasteiger charge is 2.18. The molecule has 0 atom stereocenters. The van der Waals surface area contributed by atoms with Crippen LogP contribution in [0, 0.1) is 5.82 Å². The standard InChI is InChI=1S/C26H29FN2O3/c27-22-15-13-21(14-16-22)24(26(31)28-23-6-4-2-1-3-5-7-23)18-20-10-8-19(9-11-20)12-17-25(30)29-32/h8-18,23,32H,1-7H2,(H,28,31)(H,29,30)/b17-12+,24-18?. The highest BCUT2D eigenvalue weighted by atomic mass is 19.1. The van der Waals surface area contributed by atoms with Crippen LogP contribution < -0.4 is 10.8 Å². The van der Waals surface area contributed by atoms with Crippen molar-refractivity contribution in [1.29, 1.82) is 0 Å². The van der Waals surface area contributed by atoms with Crippen LogP contribution in [0.2, 0.25) is 0 Å².